The lowest BCUT2D eigenvalue weighted by Gasteiger charge is -2.14. The van der Waals surface area contributed by atoms with E-state index in [1.54, 1.807) is 22.7 Å². The van der Waals surface area contributed by atoms with Crippen LogP contribution in [0.25, 0.3) is 0 Å². The van der Waals surface area contributed by atoms with Crippen molar-refractivity contribution in [2.75, 3.05) is 26.7 Å². The molecule has 0 N–H and O–H groups in total. The molecular formula is C13H19N3O3S. The highest BCUT2D eigenvalue weighted by atomic mass is 32.2. The predicted octanol–water partition coefficient (Wildman–Crippen LogP) is 0.748. The number of nitrogens with zero attached hydrogens (tertiary/aromatic N) is 3. The molecule has 1 saturated heterocycles. The molecule has 0 aliphatic carbocycles. The fourth-order valence-electron chi connectivity index (χ4n) is 2.84. The van der Waals surface area contributed by atoms with Crippen molar-refractivity contribution in [1.82, 2.24) is 13.8 Å². The Kier molecular flexibility index (Phi) is 3.33. The van der Waals surface area contributed by atoms with Crippen LogP contribution in [0, 0.1) is 0 Å². The van der Waals surface area contributed by atoms with E-state index < -0.39 is 10.0 Å². The maximum atomic E-state index is 12.5. The first-order chi connectivity index (χ1) is 9.50. The molecule has 3 heterocycles. The summed E-state index contributed by atoms with van der Waals surface area (Å²) in [5.74, 6) is -0.106. The fourth-order valence-corrected chi connectivity index (χ4v) is 4.40. The first-order valence-electron chi connectivity index (χ1n) is 6.96. The van der Waals surface area contributed by atoms with Crippen molar-refractivity contribution < 1.29 is 13.2 Å². The number of aryl methyl sites for hydroxylation is 1. The lowest BCUT2D eigenvalue weighted by Crippen LogP contribution is -2.28. The standard InChI is InChI=1S/C13H19N3O3S/c1-14-5-4-6-15-10-11(9-12(15)13(14)17)20(18,19)16-7-2-3-8-16/h9-10H,2-8H2,1H3. The molecule has 0 saturated carbocycles. The van der Waals surface area contributed by atoms with Crippen LogP contribution in [0.3, 0.4) is 0 Å². The van der Waals surface area contributed by atoms with Gasteiger partial charge in [-0.1, -0.05) is 0 Å². The lowest BCUT2D eigenvalue weighted by atomic mass is 10.4. The normalized spacial score (nSPS) is 21.1. The molecule has 0 radical (unpaired) electrons. The Morgan fingerprint density at radius 3 is 2.45 bits per heavy atom. The average molecular weight is 297 g/mol. The van der Waals surface area contributed by atoms with E-state index in [0.717, 1.165) is 19.3 Å². The zero-order valence-electron chi connectivity index (χ0n) is 11.6. The minimum absolute atomic E-state index is 0.106. The van der Waals surface area contributed by atoms with Crippen LogP contribution in [-0.2, 0) is 16.6 Å². The van der Waals surface area contributed by atoms with Crippen molar-refractivity contribution in [3.8, 4) is 0 Å². The van der Waals surface area contributed by atoms with Crippen LogP contribution < -0.4 is 0 Å². The molecule has 0 bridgehead atoms. The summed E-state index contributed by atoms with van der Waals surface area (Å²) in [7, 11) is -1.69. The van der Waals surface area contributed by atoms with Crippen LogP contribution >= 0.6 is 0 Å². The molecule has 1 fully saturated rings. The van der Waals surface area contributed by atoms with Gasteiger partial charge in [-0.15, -0.1) is 0 Å². The monoisotopic (exact) mass is 297 g/mol. The number of fused-ring (bicyclic) bond motifs is 1. The molecular weight excluding hydrogens is 278 g/mol. The number of sulfonamides is 1. The van der Waals surface area contributed by atoms with Gasteiger partial charge in [-0.05, 0) is 25.3 Å². The van der Waals surface area contributed by atoms with Crippen molar-refractivity contribution in [3.63, 3.8) is 0 Å². The third-order valence-corrected chi connectivity index (χ3v) is 5.90. The van der Waals surface area contributed by atoms with Gasteiger partial charge in [0.05, 0.1) is 0 Å². The molecule has 6 nitrogen and oxygen atoms in total. The number of aromatic nitrogens is 1. The minimum atomic E-state index is -3.44. The largest absolute Gasteiger partial charge is 0.342 e. The second-order valence-corrected chi connectivity index (χ2v) is 7.38. The third-order valence-electron chi connectivity index (χ3n) is 4.03. The van der Waals surface area contributed by atoms with Crippen molar-refractivity contribution in [2.24, 2.45) is 0 Å². The van der Waals surface area contributed by atoms with Gasteiger partial charge in [-0.25, -0.2) is 8.42 Å². The molecule has 110 valence electrons. The molecule has 0 unspecified atom stereocenters. The Hall–Kier alpha value is -1.34. The molecule has 2 aliphatic rings. The molecule has 2 aliphatic heterocycles. The van der Waals surface area contributed by atoms with E-state index in [0.29, 0.717) is 31.9 Å². The SMILES string of the molecule is CN1CCCn2cc(S(=O)(=O)N3CCCC3)cc2C1=O. The van der Waals surface area contributed by atoms with E-state index in [1.807, 2.05) is 0 Å². The molecule has 7 heteroatoms. The summed E-state index contributed by atoms with van der Waals surface area (Å²) >= 11 is 0. The number of hydrogen-bond acceptors (Lipinski definition) is 3. The van der Waals surface area contributed by atoms with Crippen molar-refractivity contribution in [2.45, 2.75) is 30.7 Å². The van der Waals surface area contributed by atoms with E-state index in [2.05, 4.69) is 0 Å². The topological polar surface area (TPSA) is 62.6 Å². The summed E-state index contributed by atoms with van der Waals surface area (Å²) < 4.78 is 28.3. The van der Waals surface area contributed by atoms with Gasteiger partial charge in [0.25, 0.3) is 5.91 Å². The smallest absolute Gasteiger partial charge is 0.270 e. The number of carbonyl (C=O) groups is 1. The lowest BCUT2D eigenvalue weighted by molar-refractivity contribution is 0.0796. The van der Waals surface area contributed by atoms with Crippen LogP contribution in [0.2, 0.25) is 0 Å². The summed E-state index contributed by atoms with van der Waals surface area (Å²) in [6.45, 7) is 2.54. The second-order valence-electron chi connectivity index (χ2n) is 5.45. The van der Waals surface area contributed by atoms with E-state index in [1.165, 1.54) is 10.4 Å². The van der Waals surface area contributed by atoms with Gasteiger partial charge in [0.1, 0.15) is 10.6 Å². The van der Waals surface area contributed by atoms with Gasteiger partial charge in [0.2, 0.25) is 10.0 Å². The van der Waals surface area contributed by atoms with Crippen molar-refractivity contribution in [3.05, 3.63) is 18.0 Å². The molecule has 1 aromatic heterocycles. The Labute approximate surface area is 119 Å². The summed E-state index contributed by atoms with van der Waals surface area (Å²) in [5, 5.41) is 0. The highest BCUT2D eigenvalue weighted by molar-refractivity contribution is 7.89. The maximum absolute atomic E-state index is 12.5. The zero-order chi connectivity index (χ0) is 14.3. The van der Waals surface area contributed by atoms with Crippen molar-refractivity contribution >= 4 is 15.9 Å². The first-order valence-corrected chi connectivity index (χ1v) is 8.40. The summed E-state index contributed by atoms with van der Waals surface area (Å²) in [4.78, 5) is 14.1. The van der Waals surface area contributed by atoms with Crippen LogP contribution in [0.15, 0.2) is 17.2 Å². The number of carbonyl (C=O) groups excluding carboxylic acids is 1. The molecule has 0 aromatic carbocycles. The summed E-state index contributed by atoms with van der Waals surface area (Å²) in [6.07, 6.45) is 4.27. The Morgan fingerprint density at radius 2 is 1.75 bits per heavy atom. The number of rotatable bonds is 2. The molecule has 3 rings (SSSR count). The van der Waals surface area contributed by atoms with E-state index >= 15 is 0 Å². The quantitative estimate of drug-likeness (QED) is 0.809. The number of hydrogen-bond donors (Lipinski definition) is 0. The molecule has 0 atom stereocenters. The van der Waals surface area contributed by atoms with E-state index in [-0.39, 0.29) is 10.8 Å². The van der Waals surface area contributed by atoms with Gasteiger partial charge in [-0.2, -0.15) is 4.31 Å². The fraction of sp³-hybridized carbons (Fsp3) is 0.615. The van der Waals surface area contributed by atoms with Crippen LogP contribution in [0.5, 0.6) is 0 Å². The average Bonchev–Trinajstić information content (AvgIpc) is 3.05. The summed E-state index contributed by atoms with van der Waals surface area (Å²) in [5.41, 5.74) is 0.475. The van der Waals surface area contributed by atoms with E-state index in [4.69, 9.17) is 0 Å². The van der Waals surface area contributed by atoms with Crippen LogP contribution in [0.4, 0.5) is 0 Å². The molecule has 20 heavy (non-hydrogen) atoms. The van der Waals surface area contributed by atoms with E-state index in [9.17, 15) is 13.2 Å². The van der Waals surface area contributed by atoms with Gasteiger partial charge in [-0.3, -0.25) is 4.79 Å². The van der Waals surface area contributed by atoms with Gasteiger partial charge in [0.15, 0.2) is 0 Å². The molecule has 1 aromatic rings. The van der Waals surface area contributed by atoms with Crippen molar-refractivity contribution in [1.29, 1.82) is 0 Å². The Morgan fingerprint density at radius 1 is 1.05 bits per heavy atom. The summed E-state index contributed by atoms with van der Waals surface area (Å²) in [6, 6.07) is 1.53. The second kappa shape index (κ2) is 4.89. The highest BCUT2D eigenvalue weighted by Crippen LogP contribution is 2.24. The maximum Gasteiger partial charge on any atom is 0.270 e. The predicted molar refractivity (Wildman–Crippen MR) is 74.0 cm³/mol. The van der Waals surface area contributed by atoms with Crippen LogP contribution in [-0.4, -0.2) is 54.8 Å². The van der Waals surface area contributed by atoms with Crippen LogP contribution in [0.1, 0.15) is 29.8 Å². The molecule has 0 spiro atoms. The van der Waals surface area contributed by atoms with Gasteiger partial charge >= 0.3 is 0 Å². The first kappa shape index (κ1) is 13.6. The van der Waals surface area contributed by atoms with Gasteiger partial charge < -0.3 is 9.47 Å². The Balaban J connectivity index is 1.99. The van der Waals surface area contributed by atoms with Gasteiger partial charge in [0, 0.05) is 39.4 Å². The Bertz CT molecular complexity index is 629. The third kappa shape index (κ3) is 2.14. The number of amides is 1. The zero-order valence-corrected chi connectivity index (χ0v) is 12.4. The highest BCUT2D eigenvalue weighted by Gasteiger charge is 2.31. The minimum Gasteiger partial charge on any atom is -0.342 e. The molecule has 1 amide bonds.